The molecular formula is C17H26N2O. The number of nitrogens with one attached hydrogen (secondary N) is 2. The van der Waals surface area contributed by atoms with Gasteiger partial charge in [-0.15, -0.1) is 0 Å². The average Bonchev–Trinajstić information content (AvgIpc) is 2.45. The van der Waals surface area contributed by atoms with E-state index in [2.05, 4.69) is 31.4 Å². The van der Waals surface area contributed by atoms with Gasteiger partial charge >= 0.3 is 0 Å². The van der Waals surface area contributed by atoms with Gasteiger partial charge in [0.25, 0.3) is 0 Å². The fourth-order valence-corrected chi connectivity index (χ4v) is 3.13. The fourth-order valence-electron chi connectivity index (χ4n) is 3.13. The monoisotopic (exact) mass is 274 g/mol. The summed E-state index contributed by atoms with van der Waals surface area (Å²) in [5, 5.41) is 6.72. The lowest BCUT2D eigenvalue weighted by molar-refractivity contribution is -0.124. The molecule has 1 aliphatic heterocycles. The van der Waals surface area contributed by atoms with Gasteiger partial charge in [-0.2, -0.15) is 0 Å². The van der Waals surface area contributed by atoms with Crippen LogP contribution in [-0.4, -0.2) is 24.5 Å². The smallest absolute Gasteiger partial charge is 0.227 e. The van der Waals surface area contributed by atoms with E-state index in [1.54, 1.807) is 0 Å². The lowest BCUT2D eigenvalue weighted by Crippen LogP contribution is -2.56. The molecule has 0 radical (unpaired) electrons. The summed E-state index contributed by atoms with van der Waals surface area (Å²) in [5.74, 6) is 0.645. The van der Waals surface area contributed by atoms with E-state index in [0.717, 1.165) is 24.9 Å². The number of piperidine rings is 1. The Morgan fingerprint density at radius 3 is 2.65 bits per heavy atom. The third-order valence-electron chi connectivity index (χ3n) is 4.45. The molecule has 1 aromatic carbocycles. The molecule has 2 N–H and O–H groups in total. The van der Waals surface area contributed by atoms with Crippen LogP contribution < -0.4 is 10.6 Å². The van der Waals surface area contributed by atoms with E-state index in [4.69, 9.17) is 0 Å². The predicted molar refractivity (Wildman–Crippen MR) is 82.7 cm³/mol. The Bertz CT molecular complexity index is 422. The molecule has 2 rings (SSSR count). The largest absolute Gasteiger partial charge is 0.351 e. The highest BCUT2D eigenvalue weighted by molar-refractivity contribution is 5.83. The van der Waals surface area contributed by atoms with Crippen molar-refractivity contribution in [3.05, 3.63) is 35.9 Å². The van der Waals surface area contributed by atoms with Crippen LogP contribution in [0.3, 0.4) is 0 Å². The summed E-state index contributed by atoms with van der Waals surface area (Å²) in [6.45, 7) is 7.50. The number of carbonyl (C=O) groups excluding carboxylic acids is 1. The van der Waals surface area contributed by atoms with E-state index < -0.39 is 0 Å². The quantitative estimate of drug-likeness (QED) is 0.886. The van der Waals surface area contributed by atoms with E-state index in [-0.39, 0.29) is 17.9 Å². The van der Waals surface area contributed by atoms with Crippen LogP contribution in [0.1, 0.15) is 45.1 Å². The number of hydrogen-bond donors (Lipinski definition) is 2. The zero-order valence-electron chi connectivity index (χ0n) is 12.7. The number of benzene rings is 1. The molecule has 3 heteroatoms. The molecule has 1 fully saturated rings. The second kappa shape index (κ2) is 6.89. The Morgan fingerprint density at radius 1 is 1.35 bits per heavy atom. The van der Waals surface area contributed by atoms with E-state index in [9.17, 15) is 4.79 Å². The highest BCUT2D eigenvalue weighted by Gasteiger charge is 2.30. The zero-order valence-corrected chi connectivity index (χ0v) is 12.7. The van der Waals surface area contributed by atoms with Crippen LogP contribution in [0.15, 0.2) is 30.3 Å². The first-order valence-corrected chi connectivity index (χ1v) is 7.72. The molecular weight excluding hydrogens is 248 g/mol. The first-order valence-electron chi connectivity index (χ1n) is 7.72. The summed E-state index contributed by atoms with van der Waals surface area (Å²) >= 11 is 0. The summed E-state index contributed by atoms with van der Waals surface area (Å²) in [6, 6.07) is 10.6. The molecule has 3 nitrogen and oxygen atoms in total. The maximum Gasteiger partial charge on any atom is 0.227 e. The van der Waals surface area contributed by atoms with Gasteiger partial charge in [-0.1, -0.05) is 44.2 Å². The van der Waals surface area contributed by atoms with Gasteiger partial charge in [0.15, 0.2) is 0 Å². The van der Waals surface area contributed by atoms with Crippen LogP contribution in [0.4, 0.5) is 0 Å². The molecule has 20 heavy (non-hydrogen) atoms. The summed E-state index contributed by atoms with van der Waals surface area (Å²) in [6.07, 6.45) is 1.95. The van der Waals surface area contributed by atoms with Crippen molar-refractivity contribution in [1.82, 2.24) is 10.6 Å². The van der Waals surface area contributed by atoms with Crippen molar-refractivity contribution in [3.8, 4) is 0 Å². The Hall–Kier alpha value is -1.35. The Balaban J connectivity index is 2.06. The minimum Gasteiger partial charge on any atom is -0.351 e. The molecule has 0 aliphatic carbocycles. The minimum atomic E-state index is -0.0440. The Morgan fingerprint density at radius 2 is 2.05 bits per heavy atom. The van der Waals surface area contributed by atoms with Gasteiger partial charge < -0.3 is 10.6 Å². The Kier molecular flexibility index (Phi) is 5.18. The van der Waals surface area contributed by atoms with Crippen molar-refractivity contribution in [2.75, 3.05) is 6.54 Å². The first-order chi connectivity index (χ1) is 9.63. The molecule has 1 heterocycles. The molecule has 0 aromatic heterocycles. The van der Waals surface area contributed by atoms with E-state index in [0.29, 0.717) is 12.0 Å². The van der Waals surface area contributed by atoms with E-state index in [1.165, 1.54) is 0 Å². The van der Waals surface area contributed by atoms with Gasteiger partial charge in [0.2, 0.25) is 5.91 Å². The maximum atomic E-state index is 12.6. The molecule has 0 spiro atoms. The lowest BCUT2D eigenvalue weighted by atomic mass is 9.87. The highest BCUT2D eigenvalue weighted by atomic mass is 16.2. The topological polar surface area (TPSA) is 41.1 Å². The van der Waals surface area contributed by atoms with Crippen molar-refractivity contribution in [2.24, 2.45) is 5.92 Å². The van der Waals surface area contributed by atoms with E-state index in [1.807, 2.05) is 30.3 Å². The number of amides is 1. The van der Waals surface area contributed by atoms with Gasteiger partial charge in [0.1, 0.15) is 0 Å². The van der Waals surface area contributed by atoms with Crippen LogP contribution in [0.5, 0.6) is 0 Å². The second-order valence-electron chi connectivity index (χ2n) is 5.91. The summed E-state index contributed by atoms with van der Waals surface area (Å²) in [7, 11) is 0. The van der Waals surface area contributed by atoms with Crippen molar-refractivity contribution in [1.29, 1.82) is 0 Å². The van der Waals surface area contributed by atoms with Crippen LogP contribution in [-0.2, 0) is 4.79 Å². The molecule has 4 unspecified atom stereocenters. The SMILES string of the molecule is CCC(C(=O)NC1C(C)CCNC1C)c1ccccc1. The summed E-state index contributed by atoms with van der Waals surface area (Å²) in [5.41, 5.74) is 1.11. The molecule has 4 atom stereocenters. The second-order valence-corrected chi connectivity index (χ2v) is 5.91. The van der Waals surface area contributed by atoms with Gasteiger partial charge in [-0.25, -0.2) is 0 Å². The van der Waals surface area contributed by atoms with Crippen molar-refractivity contribution >= 4 is 5.91 Å². The fraction of sp³-hybridized carbons (Fsp3) is 0.588. The van der Waals surface area contributed by atoms with Crippen LogP contribution in [0.25, 0.3) is 0 Å². The molecule has 110 valence electrons. The number of rotatable bonds is 4. The van der Waals surface area contributed by atoms with Crippen LogP contribution in [0.2, 0.25) is 0 Å². The highest BCUT2D eigenvalue weighted by Crippen LogP contribution is 2.22. The van der Waals surface area contributed by atoms with Gasteiger partial charge in [-0.05, 0) is 37.8 Å². The summed E-state index contributed by atoms with van der Waals surface area (Å²) in [4.78, 5) is 12.6. The van der Waals surface area contributed by atoms with Gasteiger partial charge in [-0.3, -0.25) is 4.79 Å². The first kappa shape index (κ1) is 15.0. The van der Waals surface area contributed by atoms with Crippen molar-refractivity contribution in [3.63, 3.8) is 0 Å². The zero-order chi connectivity index (χ0) is 14.5. The van der Waals surface area contributed by atoms with Crippen LogP contribution in [0, 0.1) is 5.92 Å². The van der Waals surface area contributed by atoms with Crippen LogP contribution >= 0.6 is 0 Å². The lowest BCUT2D eigenvalue weighted by Gasteiger charge is -2.36. The number of carbonyl (C=O) groups is 1. The minimum absolute atomic E-state index is 0.0440. The van der Waals surface area contributed by atoms with E-state index >= 15 is 0 Å². The third kappa shape index (κ3) is 3.40. The molecule has 1 aromatic rings. The number of hydrogen-bond acceptors (Lipinski definition) is 2. The third-order valence-corrected chi connectivity index (χ3v) is 4.45. The van der Waals surface area contributed by atoms with Gasteiger partial charge in [0.05, 0.1) is 5.92 Å². The Labute approximate surface area is 122 Å². The van der Waals surface area contributed by atoms with Crippen molar-refractivity contribution < 1.29 is 4.79 Å². The predicted octanol–water partition coefficient (Wildman–Crippen LogP) is 2.68. The molecule has 0 saturated carbocycles. The normalized spacial score (nSPS) is 27.9. The average molecular weight is 274 g/mol. The standard InChI is InChI=1S/C17H26N2O/c1-4-15(14-8-6-5-7-9-14)17(20)19-16-12(2)10-11-18-13(16)3/h5-9,12-13,15-16,18H,4,10-11H2,1-3H3,(H,19,20). The van der Waals surface area contributed by atoms with Gasteiger partial charge in [0, 0.05) is 12.1 Å². The molecule has 1 aliphatic rings. The summed E-state index contributed by atoms with van der Waals surface area (Å²) < 4.78 is 0. The molecule has 0 bridgehead atoms. The molecule has 1 saturated heterocycles. The maximum absolute atomic E-state index is 12.6. The molecule has 1 amide bonds. The van der Waals surface area contributed by atoms with Crippen molar-refractivity contribution in [2.45, 2.75) is 51.6 Å².